The van der Waals surface area contributed by atoms with Crippen molar-refractivity contribution >= 4 is 29.8 Å². The average Bonchev–Trinajstić information content (AvgIpc) is 2.74. The van der Waals surface area contributed by atoms with E-state index in [0.717, 1.165) is 18.4 Å². The van der Waals surface area contributed by atoms with Crippen molar-refractivity contribution in [2.75, 3.05) is 18.1 Å². The number of fused-ring (bicyclic) bond motifs is 1. The number of nitrogens with one attached hydrogen (secondary N) is 1. The molecule has 0 aliphatic carbocycles. The number of nitrogens with two attached hydrogens (primary N) is 1. The molecule has 0 radical (unpaired) electrons. The van der Waals surface area contributed by atoms with Crippen LogP contribution < -0.4 is 11.1 Å². The van der Waals surface area contributed by atoms with E-state index in [4.69, 9.17) is 5.73 Å². The molecule has 3 heterocycles. The second-order valence-corrected chi connectivity index (χ2v) is 6.95. The Bertz CT molecular complexity index is 1160. The summed E-state index contributed by atoms with van der Waals surface area (Å²) in [5.41, 5.74) is 7.25. The second-order valence-electron chi connectivity index (χ2n) is 6.95. The summed E-state index contributed by atoms with van der Waals surface area (Å²) in [5, 5.41) is 2.95. The van der Waals surface area contributed by atoms with Gasteiger partial charge in [0.05, 0.1) is 11.3 Å². The maximum Gasteiger partial charge on any atom is 0.416 e. The third-order valence-corrected chi connectivity index (χ3v) is 4.86. The highest BCUT2D eigenvalue weighted by molar-refractivity contribution is 5.80. The number of rotatable bonds is 4. The van der Waals surface area contributed by atoms with E-state index < -0.39 is 17.8 Å². The minimum absolute atomic E-state index is 0.103. The van der Waals surface area contributed by atoms with E-state index >= 15 is 0 Å². The minimum Gasteiger partial charge on any atom is -0.368 e. The zero-order chi connectivity index (χ0) is 22.2. The zero-order valence-corrected chi connectivity index (χ0v) is 16.3. The van der Waals surface area contributed by atoms with Crippen LogP contribution in [0.25, 0.3) is 17.3 Å². The molecule has 1 unspecified atom stereocenters. The van der Waals surface area contributed by atoms with Crippen LogP contribution in [0.5, 0.6) is 0 Å². The topological polar surface area (TPSA) is 97.0 Å². The maximum absolute atomic E-state index is 13.1. The number of nitrogens with zero attached hydrogens (tertiary/aromatic N) is 4. The molecule has 3 aromatic rings. The van der Waals surface area contributed by atoms with E-state index in [2.05, 4.69) is 20.3 Å². The van der Waals surface area contributed by atoms with E-state index in [-0.39, 0.29) is 17.5 Å². The van der Waals surface area contributed by atoms with Crippen molar-refractivity contribution in [3.63, 3.8) is 0 Å². The van der Waals surface area contributed by atoms with Crippen LogP contribution in [0.1, 0.15) is 22.7 Å². The Kier molecular flexibility index (Phi) is 5.05. The zero-order valence-electron chi connectivity index (χ0n) is 16.3. The number of carbonyl (C=O) groups excluding carboxylic acids is 1. The molecule has 158 valence electrons. The van der Waals surface area contributed by atoms with Crippen LogP contribution in [-0.2, 0) is 11.0 Å². The average molecular weight is 426 g/mol. The van der Waals surface area contributed by atoms with E-state index in [1.54, 1.807) is 30.3 Å². The third-order valence-electron chi connectivity index (χ3n) is 4.86. The monoisotopic (exact) mass is 426 g/mol. The van der Waals surface area contributed by atoms with Gasteiger partial charge in [-0.2, -0.15) is 13.2 Å². The number of aromatic nitrogens is 3. The summed E-state index contributed by atoms with van der Waals surface area (Å²) >= 11 is 0. The summed E-state index contributed by atoms with van der Waals surface area (Å²) in [6, 6.07) is 5.89. The minimum atomic E-state index is -4.48. The van der Waals surface area contributed by atoms with Crippen LogP contribution in [0.4, 0.5) is 30.6 Å². The Balaban J connectivity index is 1.85. The van der Waals surface area contributed by atoms with Crippen molar-refractivity contribution in [2.24, 2.45) is 0 Å². The number of benzene rings is 1. The number of hydrogen-bond acceptors (Lipinski definition) is 7. The van der Waals surface area contributed by atoms with E-state index in [9.17, 15) is 18.0 Å². The molecule has 31 heavy (non-hydrogen) atoms. The smallest absolute Gasteiger partial charge is 0.368 e. The number of aldehydes is 1. The van der Waals surface area contributed by atoms with Gasteiger partial charge >= 0.3 is 6.18 Å². The van der Waals surface area contributed by atoms with Gasteiger partial charge in [0.1, 0.15) is 18.1 Å². The van der Waals surface area contributed by atoms with Crippen molar-refractivity contribution in [1.29, 1.82) is 0 Å². The van der Waals surface area contributed by atoms with Crippen LogP contribution in [-0.4, -0.2) is 33.2 Å². The molecule has 3 N–H and O–H groups in total. The highest BCUT2D eigenvalue weighted by Crippen LogP contribution is 2.37. The highest BCUT2D eigenvalue weighted by Gasteiger charge is 2.31. The van der Waals surface area contributed by atoms with Gasteiger partial charge in [-0.1, -0.05) is 6.07 Å². The van der Waals surface area contributed by atoms with Crippen LogP contribution in [0.15, 0.2) is 48.9 Å². The molecule has 10 heteroatoms. The fourth-order valence-electron chi connectivity index (χ4n) is 3.31. The number of alkyl halides is 3. The van der Waals surface area contributed by atoms with Gasteiger partial charge in [0, 0.05) is 42.5 Å². The fraction of sp³-hybridized carbons (Fsp3) is 0.143. The lowest BCUT2D eigenvalue weighted by Crippen LogP contribution is -2.25. The summed E-state index contributed by atoms with van der Waals surface area (Å²) in [5.74, 6) is 0.364. The Morgan fingerprint density at radius 1 is 1.19 bits per heavy atom. The maximum atomic E-state index is 13.1. The molecule has 0 amide bonds. The molecular weight excluding hydrogens is 409 g/mol. The van der Waals surface area contributed by atoms with Gasteiger partial charge < -0.3 is 20.7 Å². The fourth-order valence-corrected chi connectivity index (χ4v) is 3.31. The molecule has 0 bridgehead atoms. The molecule has 7 nitrogen and oxygen atoms in total. The van der Waals surface area contributed by atoms with Gasteiger partial charge in [-0.25, -0.2) is 15.0 Å². The van der Waals surface area contributed by atoms with Gasteiger partial charge in [0.2, 0.25) is 5.95 Å². The first-order valence-corrected chi connectivity index (χ1v) is 9.19. The molecule has 1 atom stereocenters. The lowest BCUT2D eigenvalue weighted by molar-refractivity contribution is -0.137. The second kappa shape index (κ2) is 7.71. The summed E-state index contributed by atoms with van der Waals surface area (Å²) in [7, 11) is 1.73. The molecular formula is C21H17F3N6O. The third kappa shape index (κ3) is 4.04. The molecule has 4 rings (SSSR count). The number of carbonyl (C=O) groups is 1. The number of nitrogen functional groups attached to an aromatic ring is 1. The molecule has 0 saturated carbocycles. The van der Waals surface area contributed by atoms with Crippen LogP contribution in [0, 0.1) is 0 Å². The van der Waals surface area contributed by atoms with Crippen molar-refractivity contribution < 1.29 is 18.0 Å². The first-order chi connectivity index (χ1) is 14.8. The molecule has 1 aliphatic rings. The first kappa shape index (κ1) is 20.3. The summed E-state index contributed by atoms with van der Waals surface area (Å²) in [4.78, 5) is 26.0. The van der Waals surface area contributed by atoms with Crippen molar-refractivity contribution in [3.8, 4) is 11.3 Å². The van der Waals surface area contributed by atoms with Gasteiger partial charge in [-0.05, 0) is 35.9 Å². The molecule has 1 aliphatic heterocycles. The van der Waals surface area contributed by atoms with Crippen molar-refractivity contribution in [2.45, 2.75) is 12.2 Å². The predicted octanol–water partition coefficient (Wildman–Crippen LogP) is 4.04. The molecule has 0 spiro atoms. The SMILES string of the molecule is CN1C=Cc2cc(-c3cnc(N)nc3)nc(Nc3cccc(C(F)(F)F)c3)c2C1C=O. The van der Waals surface area contributed by atoms with Gasteiger partial charge in [-0.3, -0.25) is 0 Å². The van der Waals surface area contributed by atoms with Crippen molar-refractivity contribution in [3.05, 3.63) is 65.6 Å². The van der Waals surface area contributed by atoms with E-state index in [1.165, 1.54) is 24.5 Å². The largest absolute Gasteiger partial charge is 0.416 e. The Hall–Kier alpha value is -3.95. The van der Waals surface area contributed by atoms with Gasteiger partial charge in [-0.15, -0.1) is 0 Å². The quantitative estimate of drug-likeness (QED) is 0.608. The van der Waals surface area contributed by atoms with Crippen LogP contribution in [0.3, 0.4) is 0 Å². The number of anilines is 3. The van der Waals surface area contributed by atoms with Crippen LogP contribution >= 0.6 is 0 Å². The Morgan fingerprint density at radius 3 is 2.61 bits per heavy atom. The molecule has 0 saturated heterocycles. The van der Waals surface area contributed by atoms with E-state index in [0.29, 0.717) is 22.4 Å². The number of halogens is 3. The highest BCUT2D eigenvalue weighted by atomic mass is 19.4. The van der Waals surface area contributed by atoms with Gasteiger partial charge in [0.25, 0.3) is 0 Å². The first-order valence-electron chi connectivity index (χ1n) is 9.19. The van der Waals surface area contributed by atoms with Crippen molar-refractivity contribution in [1.82, 2.24) is 19.9 Å². The predicted molar refractivity (Wildman–Crippen MR) is 110 cm³/mol. The number of hydrogen-bond donors (Lipinski definition) is 2. The Labute approximate surface area is 175 Å². The standard InChI is InChI=1S/C21H17F3N6O/c1-30-6-5-12-7-16(13-9-26-20(25)27-10-13)29-19(18(12)17(30)11-31)28-15-4-2-3-14(8-15)21(22,23)24/h2-11,17H,1H3,(H,28,29)(H2,25,26,27). The van der Waals surface area contributed by atoms with Gasteiger partial charge in [0.15, 0.2) is 0 Å². The molecule has 2 aromatic heterocycles. The van der Waals surface area contributed by atoms with Crippen LogP contribution in [0.2, 0.25) is 0 Å². The summed E-state index contributed by atoms with van der Waals surface area (Å²) in [6.07, 6.45) is 2.83. The number of pyridine rings is 1. The molecule has 1 aromatic carbocycles. The lowest BCUT2D eigenvalue weighted by atomic mass is 9.96. The van der Waals surface area contributed by atoms with E-state index in [1.807, 2.05) is 0 Å². The summed E-state index contributed by atoms with van der Waals surface area (Å²) in [6.45, 7) is 0. The summed E-state index contributed by atoms with van der Waals surface area (Å²) < 4.78 is 39.4. The number of likely N-dealkylation sites (N-methyl/N-ethyl adjacent to an activating group) is 1. The Morgan fingerprint density at radius 2 is 1.94 bits per heavy atom. The lowest BCUT2D eigenvalue weighted by Gasteiger charge is -2.29. The normalized spacial score (nSPS) is 15.5. The molecule has 0 fully saturated rings.